The van der Waals surface area contributed by atoms with Crippen LogP contribution in [0.1, 0.15) is 49.2 Å². The largest absolute Gasteiger partial charge is 0.434 e. The van der Waals surface area contributed by atoms with Crippen molar-refractivity contribution in [1.82, 2.24) is 24.5 Å². The average molecular weight is 428 g/mol. The van der Waals surface area contributed by atoms with Crippen LogP contribution in [0.25, 0.3) is 10.9 Å². The van der Waals surface area contributed by atoms with E-state index >= 15 is 0 Å². The average Bonchev–Trinajstić information content (AvgIpc) is 3.42. The van der Waals surface area contributed by atoms with Crippen LogP contribution < -0.4 is 5.56 Å². The zero-order valence-corrected chi connectivity index (χ0v) is 16.3. The van der Waals surface area contributed by atoms with Crippen LogP contribution in [0.15, 0.2) is 23.3 Å². The van der Waals surface area contributed by atoms with Crippen molar-refractivity contribution in [1.29, 1.82) is 0 Å². The number of hydrogen-bond donors (Lipinski definition) is 1. The molecule has 0 unspecified atom stereocenters. The van der Waals surface area contributed by atoms with Crippen LogP contribution >= 0.6 is 11.6 Å². The van der Waals surface area contributed by atoms with E-state index in [0.717, 1.165) is 25.1 Å². The summed E-state index contributed by atoms with van der Waals surface area (Å²) in [4.78, 5) is 16.1. The third-order valence-corrected chi connectivity index (χ3v) is 5.48. The van der Waals surface area contributed by atoms with Gasteiger partial charge in [0.15, 0.2) is 11.2 Å². The van der Waals surface area contributed by atoms with Gasteiger partial charge in [-0.1, -0.05) is 18.5 Å². The number of aryl methyl sites for hydroxylation is 1. The highest BCUT2D eigenvalue weighted by atomic mass is 35.5. The molecule has 0 aromatic carbocycles. The molecular formula is C18H17ClF3N5O2. The van der Waals surface area contributed by atoms with Gasteiger partial charge in [-0.2, -0.15) is 23.4 Å². The van der Waals surface area contributed by atoms with Crippen molar-refractivity contribution < 1.29 is 18.3 Å². The quantitative estimate of drug-likeness (QED) is 0.691. The lowest BCUT2D eigenvalue weighted by molar-refractivity contribution is -0.141. The Kier molecular flexibility index (Phi) is 4.47. The van der Waals surface area contributed by atoms with E-state index in [-0.39, 0.29) is 34.8 Å². The monoisotopic (exact) mass is 427 g/mol. The molecule has 3 heterocycles. The molecule has 3 aromatic heterocycles. The lowest BCUT2D eigenvalue weighted by Gasteiger charge is -2.28. The summed E-state index contributed by atoms with van der Waals surface area (Å²) in [6.07, 6.45) is -0.500. The fourth-order valence-electron chi connectivity index (χ4n) is 3.55. The summed E-state index contributed by atoms with van der Waals surface area (Å²) < 4.78 is 41.7. The van der Waals surface area contributed by atoms with Crippen LogP contribution in [0, 0.1) is 0 Å². The van der Waals surface area contributed by atoms with E-state index in [1.807, 2.05) is 0 Å². The van der Waals surface area contributed by atoms with Gasteiger partial charge >= 0.3 is 6.18 Å². The van der Waals surface area contributed by atoms with E-state index in [0.29, 0.717) is 5.39 Å². The van der Waals surface area contributed by atoms with Crippen molar-refractivity contribution in [3.05, 3.63) is 50.8 Å². The SMILES string of the molecule is CC[C@](O)(c1cnc(C(F)(F)F)c(Cl)c1)c1c2cnn(C3CC3)c(=O)c2nn1C. The Balaban J connectivity index is 1.90. The van der Waals surface area contributed by atoms with Gasteiger partial charge in [-0.25, -0.2) is 9.67 Å². The van der Waals surface area contributed by atoms with Crippen LogP contribution in [0.4, 0.5) is 13.2 Å². The van der Waals surface area contributed by atoms with E-state index < -0.39 is 22.5 Å². The van der Waals surface area contributed by atoms with Gasteiger partial charge in [-0.15, -0.1) is 0 Å². The molecule has 0 saturated heterocycles. The standard InChI is InChI=1S/C18H17ClF3N5O2/c1-3-17(29,9-6-12(19)14(23-7-9)18(20,21)22)15-11-8-24-27(10-4-5-10)16(28)13(11)25-26(15)2/h6-8,10,29H,3-5H2,1-2H3/t17-/m0/s1. The fraction of sp³-hybridized carbons (Fsp3) is 0.444. The van der Waals surface area contributed by atoms with Crippen LogP contribution in [0.2, 0.25) is 5.02 Å². The maximum atomic E-state index is 13.0. The Bertz CT molecular complexity index is 1170. The third-order valence-electron chi connectivity index (χ3n) is 5.19. The molecule has 0 spiro atoms. The van der Waals surface area contributed by atoms with Crippen LogP contribution in [-0.4, -0.2) is 29.7 Å². The number of alkyl halides is 3. The number of halogens is 4. The number of aliphatic hydroxyl groups is 1. The molecule has 0 amide bonds. The normalized spacial score (nSPS) is 16.9. The first-order valence-electron chi connectivity index (χ1n) is 8.98. The van der Waals surface area contributed by atoms with E-state index in [1.54, 1.807) is 14.0 Å². The topological polar surface area (TPSA) is 85.8 Å². The summed E-state index contributed by atoms with van der Waals surface area (Å²) in [6, 6.07) is 1.10. The number of hydrogen-bond acceptors (Lipinski definition) is 5. The molecule has 1 aliphatic rings. The second-order valence-corrected chi connectivity index (χ2v) is 7.53. The molecule has 154 valence electrons. The number of fused-ring (bicyclic) bond motifs is 1. The van der Waals surface area contributed by atoms with Gasteiger partial charge in [-0.05, 0) is 25.3 Å². The Morgan fingerprint density at radius 3 is 2.55 bits per heavy atom. The lowest BCUT2D eigenvalue weighted by atomic mass is 9.87. The zero-order valence-electron chi connectivity index (χ0n) is 15.5. The molecule has 1 saturated carbocycles. The number of pyridine rings is 1. The molecular weight excluding hydrogens is 411 g/mol. The van der Waals surface area contributed by atoms with Gasteiger partial charge in [0.2, 0.25) is 0 Å². The lowest BCUT2D eigenvalue weighted by Crippen LogP contribution is -2.30. The minimum atomic E-state index is -4.71. The Labute approximate surface area is 167 Å². The predicted molar refractivity (Wildman–Crippen MR) is 98.6 cm³/mol. The highest BCUT2D eigenvalue weighted by Crippen LogP contribution is 2.40. The minimum Gasteiger partial charge on any atom is -0.379 e. The Morgan fingerprint density at radius 1 is 1.31 bits per heavy atom. The van der Waals surface area contributed by atoms with Crippen molar-refractivity contribution in [3.8, 4) is 0 Å². The van der Waals surface area contributed by atoms with Crippen LogP contribution in [0.3, 0.4) is 0 Å². The van der Waals surface area contributed by atoms with Crippen molar-refractivity contribution in [3.63, 3.8) is 0 Å². The smallest absolute Gasteiger partial charge is 0.379 e. The highest BCUT2D eigenvalue weighted by Gasteiger charge is 2.40. The molecule has 0 aliphatic heterocycles. The van der Waals surface area contributed by atoms with Crippen molar-refractivity contribution in [2.75, 3.05) is 0 Å². The summed E-state index contributed by atoms with van der Waals surface area (Å²) in [5.41, 5.74) is -2.93. The van der Waals surface area contributed by atoms with Gasteiger partial charge < -0.3 is 5.11 Å². The van der Waals surface area contributed by atoms with Gasteiger partial charge in [0.05, 0.1) is 28.3 Å². The van der Waals surface area contributed by atoms with E-state index in [9.17, 15) is 23.1 Å². The zero-order chi connectivity index (χ0) is 21.1. The number of rotatable bonds is 4. The maximum absolute atomic E-state index is 13.0. The third kappa shape index (κ3) is 3.10. The van der Waals surface area contributed by atoms with Gasteiger partial charge in [0.25, 0.3) is 5.56 Å². The molecule has 29 heavy (non-hydrogen) atoms. The van der Waals surface area contributed by atoms with Crippen LogP contribution in [0.5, 0.6) is 0 Å². The Hall–Kier alpha value is -2.46. The molecule has 1 fully saturated rings. The maximum Gasteiger partial charge on any atom is 0.434 e. The van der Waals surface area contributed by atoms with Gasteiger partial charge in [0.1, 0.15) is 5.60 Å². The molecule has 0 bridgehead atoms. The second kappa shape index (κ2) is 6.53. The van der Waals surface area contributed by atoms with Crippen molar-refractivity contribution >= 4 is 22.5 Å². The van der Waals surface area contributed by atoms with Gasteiger partial charge in [-0.3, -0.25) is 9.48 Å². The molecule has 4 rings (SSSR count). The van der Waals surface area contributed by atoms with E-state index in [1.165, 1.54) is 15.6 Å². The minimum absolute atomic E-state index is 0.0559. The predicted octanol–water partition coefficient (Wildman–Crippen LogP) is 3.18. The van der Waals surface area contributed by atoms with E-state index in [4.69, 9.17) is 11.6 Å². The summed E-state index contributed by atoms with van der Waals surface area (Å²) >= 11 is 5.80. The molecule has 1 N–H and O–H groups in total. The summed E-state index contributed by atoms with van der Waals surface area (Å²) in [7, 11) is 1.55. The first-order chi connectivity index (χ1) is 13.6. The molecule has 7 nitrogen and oxygen atoms in total. The molecule has 1 atom stereocenters. The summed E-state index contributed by atoms with van der Waals surface area (Å²) in [6.45, 7) is 1.66. The number of nitrogens with zero attached hydrogens (tertiary/aromatic N) is 5. The Morgan fingerprint density at radius 2 is 2.00 bits per heavy atom. The highest BCUT2D eigenvalue weighted by molar-refractivity contribution is 6.31. The molecule has 11 heteroatoms. The summed E-state index contributed by atoms with van der Waals surface area (Å²) in [5.74, 6) is 0. The molecule has 0 radical (unpaired) electrons. The molecule has 3 aromatic rings. The van der Waals surface area contributed by atoms with E-state index in [2.05, 4.69) is 15.2 Å². The van der Waals surface area contributed by atoms with Crippen molar-refractivity contribution in [2.24, 2.45) is 7.05 Å². The van der Waals surface area contributed by atoms with Gasteiger partial charge in [0, 0.05) is 18.8 Å². The van der Waals surface area contributed by atoms with Crippen LogP contribution in [-0.2, 0) is 18.8 Å². The fourth-order valence-corrected chi connectivity index (χ4v) is 3.83. The second-order valence-electron chi connectivity index (χ2n) is 7.13. The summed E-state index contributed by atoms with van der Waals surface area (Å²) in [5, 5.41) is 19.6. The number of aromatic nitrogens is 5. The molecule has 1 aliphatic carbocycles. The van der Waals surface area contributed by atoms with Crippen molar-refractivity contribution in [2.45, 2.75) is 44.0 Å². The first kappa shape index (κ1) is 19.8. The first-order valence-corrected chi connectivity index (χ1v) is 9.36.